The second kappa shape index (κ2) is 9.07. The molecule has 0 aliphatic carbocycles. The lowest BCUT2D eigenvalue weighted by Crippen LogP contribution is -2.33. The van der Waals surface area contributed by atoms with E-state index >= 15 is 0 Å². The van der Waals surface area contributed by atoms with Gasteiger partial charge in [-0.15, -0.1) is 0 Å². The summed E-state index contributed by atoms with van der Waals surface area (Å²) in [4.78, 5) is 16.2. The number of pyridine rings is 1. The Morgan fingerprint density at radius 3 is 2.70 bits per heavy atom. The summed E-state index contributed by atoms with van der Waals surface area (Å²) in [6.45, 7) is 1.08. The molecule has 1 aromatic heterocycles. The smallest absolute Gasteiger partial charge is 0.249 e. The van der Waals surface area contributed by atoms with Crippen LogP contribution in [-0.2, 0) is 38.4 Å². The highest BCUT2D eigenvalue weighted by Crippen LogP contribution is 2.12. The Morgan fingerprint density at radius 2 is 1.96 bits per heavy atom. The zero-order valence-corrected chi connectivity index (χ0v) is 15.7. The first kappa shape index (κ1) is 19.5. The summed E-state index contributed by atoms with van der Waals surface area (Å²) in [5.41, 5.74) is 2.17. The van der Waals surface area contributed by atoms with Crippen molar-refractivity contribution < 1.29 is 17.9 Å². The molecule has 2 N–H and O–H groups in total. The quantitative estimate of drug-likeness (QED) is 0.713. The molecule has 0 saturated carbocycles. The van der Waals surface area contributed by atoms with Crippen LogP contribution >= 0.6 is 0 Å². The van der Waals surface area contributed by atoms with E-state index in [0.29, 0.717) is 18.8 Å². The molecule has 1 aromatic carbocycles. The van der Waals surface area contributed by atoms with Crippen LogP contribution < -0.4 is 10.0 Å². The Labute approximate surface area is 159 Å². The molecule has 0 spiro atoms. The third kappa shape index (κ3) is 6.13. The van der Waals surface area contributed by atoms with Crippen molar-refractivity contribution in [1.82, 2.24) is 15.0 Å². The van der Waals surface area contributed by atoms with Crippen molar-refractivity contribution >= 4 is 15.9 Å². The molecule has 1 amide bonds. The molecule has 0 radical (unpaired) electrons. The number of hydrogen-bond donors (Lipinski definition) is 2. The fraction of sp³-hybridized carbons (Fsp3) is 0.368. The van der Waals surface area contributed by atoms with E-state index in [1.54, 1.807) is 42.6 Å². The van der Waals surface area contributed by atoms with Crippen molar-refractivity contribution in [1.29, 1.82) is 0 Å². The molecule has 1 saturated heterocycles. The van der Waals surface area contributed by atoms with Crippen LogP contribution in [0.1, 0.15) is 29.7 Å². The Balaban J connectivity index is 1.51. The summed E-state index contributed by atoms with van der Waals surface area (Å²) in [7, 11) is -3.46. The minimum absolute atomic E-state index is 0.0784. The molecule has 1 fully saturated rings. The third-order valence-electron chi connectivity index (χ3n) is 4.24. The standard InChI is InChI=1S/C19H23N3O4S/c23-19(18-7-4-10-26-18)21-12-16-8-9-20-17(11-16)13-22-27(24,25)14-15-5-2-1-3-6-15/h1-3,5-6,8-9,11,18,22H,4,7,10,12-14H2,(H,21,23)/t18-/m1/s1. The van der Waals surface area contributed by atoms with Crippen LogP contribution in [0.3, 0.4) is 0 Å². The predicted molar refractivity (Wildman–Crippen MR) is 101 cm³/mol. The van der Waals surface area contributed by atoms with Gasteiger partial charge in [0.1, 0.15) is 6.10 Å². The third-order valence-corrected chi connectivity index (χ3v) is 5.54. The summed E-state index contributed by atoms with van der Waals surface area (Å²) in [5, 5.41) is 2.84. The number of ether oxygens (including phenoxy) is 1. The molecule has 1 atom stereocenters. The van der Waals surface area contributed by atoms with Crippen LogP contribution in [0.15, 0.2) is 48.7 Å². The van der Waals surface area contributed by atoms with Crippen molar-refractivity contribution in [2.45, 2.75) is 37.8 Å². The van der Waals surface area contributed by atoms with Gasteiger partial charge in [0, 0.05) is 19.3 Å². The first-order chi connectivity index (χ1) is 13.0. The maximum absolute atomic E-state index is 12.2. The van der Waals surface area contributed by atoms with E-state index in [-0.39, 0.29) is 24.3 Å². The molecule has 3 rings (SSSR count). The van der Waals surface area contributed by atoms with Gasteiger partial charge >= 0.3 is 0 Å². The molecule has 1 aliphatic rings. The monoisotopic (exact) mass is 389 g/mol. The van der Waals surface area contributed by atoms with Gasteiger partial charge < -0.3 is 10.1 Å². The van der Waals surface area contributed by atoms with Crippen molar-refractivity contribution in [3.8, 4) is 0 Å². The average Bonchev–Trinajstić information content (AvgIpc) is 3.20. The average molecular weight is 389 g/mol. The number of nitrogens with one attached hydrogen (secondary N) is 2. The topological polar surface area (TPSA) is 97.4 Å². The molecule has 0 unspecified atom stereocenters. The normalized spacial score (nSPS) is 17.0. The lowest BCUT2D eigenvalue weighted by atomic mass is 10.2. The summed E-state index contributed by atoms with van der Waals surface area (Å²) in [6.07, 6.45) is 2.89. The van der Waals surface area contributed by atoms with Crippen molar-refractivity contribution in [2.24, 2.45) is 0 Å². The minimum atomic E-state index is -3.46. The summed E-state index contributed by atoms with van der Waals surface area (Å²) in [6, 6.07) is 12.6. The van der Waals surface area contributed by atoms with E-state index in [0.717, 1.165) is 24.0 Å². The molecular weight excluding hydrogens is 366 g/mol. The molecule has 0 bridgehead atoms. The highest BCUT2D eigenvalue weighted by molar-refractivity contribution is 7.88. The van der Waals surface area contributed by atoms with E-state index < -0.39 is 10.0 Å². The van der Waals surface area contributed by atoms with Crippen LogP contribution in [0.4, 0.5) is 0 Å². The number of carbonyl (C=O) groups is 1. The first-order valence-corrected chi connectivity index (χ1v) is 10.5. The van der Waals surface area contributed by atoms with Gasteiger partial charge in [0.05, 0.1) is 18.0 Å². The predicted octanol–water partition coefficient (Wildman–Crippen LogP) is 1.50. The van der Waals surface area contributed by atoms with Crippen molar-refractivity contribution in [3.63, 3.8) is 0 Å². The molecule has 7 nitrogen and oxygen atoms in total. The SMILES string of the molecule is O=C(NCc1ccnc(CNS(=O)(=O)Cc2ccccc2)c1)[C@H]1CCCO1. The van der Waals surface area contributed by atoms with Crippen molar-refractivity contribution in [3.05, 3.63) is 65.5 Å². The second-order valence-corrected chi connectivity index (χ2v) is 8.25. The lowest BCUT2D eigenvalue weighted by Gasteiger charge is -2.11. The van der Waals surface area contributed by atoms with E-state index in [4.69, 9.17) is 4.74 Å². The van der Waals surface area contributed by atoms with Gasteiger partial charge in [0.15, 0.2) is 0 Å². The van der Waals surface area contributed by atoms with Gasteiger partial charge in [-0.05, 0) is 36.1 Å². The number of nitrogens with zero attached hydrogens (tertiary/aromatic N) is 1. The van der Waals surface area contributed by atoms with Crippen LogP contribution in [0.2, 0.25) is 0 Å². The fourth-order valence-electron chi connectivity index (χ4n) is 2.85. The number of benzene rings is 1. The molecular formula is C19H23N3O4S. The summed E-state index contributed by atoms with van der Waals surface area (Å²) < 4.78 is 32.3. The van der Waals surface area contributed by atoms with E-state index in [1.165, 1.54) is 0 Å². The lowest BCUT2D eigenvalue weighted by molar-refractivity contribution is -0.130. The van der Waals surface area contributed by atoms with Crippen LogP contribution in [0.5, 0.6) is 0 Å². The number of hydrogen-bond acceptors (Lipinski definition) is 5. The van der Waals surface area contributed by atoms with Gasteiger partial charge in [-0.25, -0.2) is 13.1 Å². The maximum atomic E-state index is 12.2. The highest BCUT2D eigenvalue weighted by atomic mass is 32.2. The molecule has 2 heterocycles. The minimum Gasteiger partial charge on any atom is -0.368 e. The van der Waals surface area contributed by atoms with Gasteiger partial charge in [-0.2, -0.15) is 0 Å². The molecule has 27 heavy (non-hydrogen) atoms. The molecule has 1 aliphatic heterocycles. The summed E-state index contributed by atoms with van der Waals surface area (Å²) >= 11 is 0. The second-order valence-electron chi connectivity index (χ2n) is 6.44. The Hall–Kier alpha value is -2.29. The van der Waals surface area contributed by atoms with Gasteiger partial charge in [0.25, 0.3) is 0 Å². The molecule has 2 aromatic rings. The van der Waals surface area contributed by atoms with Gasteiger partial charge in [-0.1, -0.05) is 30.3 Å². The van der Waals surface area contributed by atoms with Crippen LogP contribution in [-0.4, -0.2) is 32.0 Å². The highest BCUT2D eigenvalue weighted by Gasteiger charge is 2.23. The molecule has 8 heteroatoms. The number of amides is 1. The summed E-state index contributed by atoms with van der Waals surface area (Å²) in [5.74, 6) is -0.195. The Morgan fingerprint density at radius 1 is 1.15 bits per heavy atom. The number of aromatic nitrogens is 1. The van der Waals surface area contributed by atoms with Crippen LogP contribution in [0, 0.1) is 0 Å². The number of rotatable bonds is 8. The maximum Gasteiger partial charge on any atom is 0.249 e. The van der Waals surface area contributed by atoms with Gasteiger partial charge in [-0.3, -0.25) is 9.78 Å². The fourth-order valence-corrected chi connectivity index (χ4v) is 3.95. The Bertz CT molecular complexity index is 866. The van der Waals surface area contributed by atoms with E-state index in [9.17, 15) is 13.2 Å². The van der Waals surface area contributed by atoms with Crippen molar-refractivity contribution in [2.75, 3.05) is 6.61 Å². The largest absolute Gasteiger partial charge is 0.368 e. The van der Waals surface area contributed by atoms with E-state index in [2.05, 4.69) is 15.0 Å². The molecule has 144 valence electrons. The van der Waals surface area contributed by atoms with E-state index in [1.807, 2.05) is 6.07 Å². The number of carbonyl (C=O) groups excluding carboxylic acids is 1. The zero-order valence-electron chi connectivity index (χ0n) is 14.9. The zero-order chi connectivity index (χ0) is 19.1. The first-order valence-electron chi connectivity index (χ1n) is 8.86. The number of sulfonamides is 1. The Kier molecular flexibility index (Phi) is 6.54. The van der Waals surface area contributed by atoms with Crippen LogP contribution in [0.25, 0.3) is 0 Å². The van der Waals surface area contributed by atoms with Gasteiger partial charge in [0.2, 0.25) is 15.9 Å².